The van der Waals surface area contributed by atoms with Gasteiger partial charge in [0.15, 0.2) is 0 Å². The number of benzene rings is 1. The van der Waals surface area contributed by atoms with Gasteiger partial charge in [-0.25, -0.2) is 0 Å². The maximum absolute atomic E-state index is 10.2. The van der Waals surface area contributed by atoms with Crippen molar-refractivity contribution in [3.05, 3.63) is 36.0 Å². The fraction of sp³-hybridized carbons (Fsp3) is 0. The molecule has 1 heterocycles. The van der Waals surface area contributed by atoms with Crippen molar-refractivity contribution in [2.75, 3.05) is 0 Å². The summed E-state index contributed by atoms with van der Waals surface area (Å²) in [5.74, 6) is 0. The normalized spacial score (nSPS) is 9.67. The number of nitrogens with one attached hydrogen (secondary N) is 1. The van der Waals surface area contributed by atoms with Gasteiger partial charge in [-0.05, 0) is 0 Å². The molecule has 2 rings (SSSR count). The summed E-state index contributed by atoms with van der Waals surface area (Å²) in [5.41, 5.74) is 4.47. The quantitative estimate of drug-likeness (QED) is 0.613. The molecule has 1 aromatic heterocycles. The van der Waals surface area contributed by atoms with Crippen LogP contribution in [0.5, 0.6) is 0 Å². The van der Waals surface area contributed by atoms with Gasteiger partial charge in [0.1, 0.15) is 0 Å². The molecule has 2 nitrogen and oxygen atoms in total. The molecule has 0 spiro atoms. The first-order chi connectivity index (χ1) is 5.90. The minimum atomic E-state index is -0.0863. The number of para-hydroxylation sites is 1. The molecule has 0 atom stereocenters. The second kappa shape index (κ2) is 3.02. The standard InChI is InChI=1S/C9H6NOP/c11-12-6-8-5-7-3-1-2-4-9(7)10-8/h1-5,10H. The van der Waals surface area contributed by atoms with Gasteiger partial charge in [-0.1, -0.05) is 0 Å². The van der Waals surface area contributed by atoms with Crippen molar-refractivity contribution >= 4 is 18.8 Å². The number of hydrogen-bond acceptors (Lipinski definition) is 1. The number of hydrogen-bond donors (Lipinski definition) is 1. The van der Waals surface area contributed by atoms with E-state index >= 15 is 0 Å². The Kier molecular flexibility index (Phi) is 1.87. The second-order valence-corrected chi connectivity index (χ2v) is 2.88. The zero-order valence-electron chi connectivity index (χ0n) is 6.24. The van der Waals surface area contributed by atoms with Crippen LogP contribution < -0.4 is 0 Å². The van der Waals surface area contributed by atoms with Crippen molar-refractivity contribution in [2.24, 2.45) is 0 Å². The van der Waals surface area contributed by atoms with Gasteiger partial charge in [0.25, 0.3) is 0 Å². The van der Waals surface area contributed by atoms with Gasteiger partial charge in [0, 0.05) is 0 Å². The molecule has 0 bridgehead atoms. The Morgan fingerprint density at radius 3 is 2.92 bits per heavy atom. The Morgan fingerprint density at radius 2 is 2.17 bits per heavy atom. The van der Waals surface area contributed by atoms with Crippen molar-refractivity contribution in [3.8, 4) is 5.63 Å². The topological polar surface area (TPSA) is 32.9 Å². The molecule has 1 aromatic carbocycles. The van der Waals surface area contributed by atoms with Gasteiger partial charge < -0.3 is 0 Å². The average molecular weight is 175 g/mol. The van der Waals surface area contributed by atoms with Gasteiger partial charge in [-0.15, -0.1) is 0 Å². The van der Waals surface area contributed by atoms with Crippen LogP contribution in [0.1, 0.15) is 5.69 Å². The Hall–Kier alpha value is -1.23. The van der Waals surface area contributed by atoms with Crippen LogP contribution in [0.3, 0.4) is 0 Å². The van der Waals surface area contributed by atoms with Crippen LogP contribution >= 0.6 is 7.92 Å². The molecule has 12 heavy (non-hydrogen) atoms. The molecule has 3 heteroatoms. The molecule has 0 unspecified atom stereocenters. The van der Waals surface area contributed by atoms with Gasteiger partial charge in [0.2, 0.25) is 0 Å². The minimum absolute atomic E-state index is 0.0863. The molecular formula is C9H6NOP. The van der Waals surface area contributed by atoms with Gasteiger partial charge >= 0.3 is 70.0 Å². The Bertz CT molecular complexity index is 476. The van der Waals surface area contributed by atoms with Crippen LogP contribution in [0.4, 0.5) is 0 Å². The van der Waals surface area contributed by atoms with Crippen LogP contribution in [0.2, 0.25) is 0 Å². The van der Waals surface area contributed by atoms with Gasteiger partial charge in [-0.3, -0.25) is 0 Å². The van der Waals surface area contributed by atoms with Gasteiger partial charge in [-0.2, -0.15) is 0 Å². The van der Waals surface area contributed by atoms with Crippen LogP contribution in [0, 0.1) is 5.63 Å². The summed E-state index contributed by atoms with van der Waals surface area (Å²) in [7, 11) is -0.0863. The summed E-state index contributed by atoms with van der Waals surface area (Å²) in [4.78, 5) is 3.08. The summed E-state index contributed by atoms with van der Waals surface area (Å²) in [6.07, 6.45) is 0. The van der Waals surface area contributed by atoms with Crippen molar-refractivity contribution in [1.29, 1.82) is 0 Å². The van der Waals surface area contributed by atoms with Crippen molar-refractivity contribution < 1.29 is 4.57 Å². The van der Waals surface area contributed by atoms with Crippen LogP contribution in [0.25, 0.3) is 10.9 Å². The summed E-state index contributed by atoms with van der Waals surface area (Å²) < 4.78 is 10.2. The molecule has 2 aromatic rings. The van der Waals surface area contributed by atoms with E-state index in [9.17, 15) is 4.57 Å². The molecule has 58 valence electrons. The van der Waals surface area contributed by atoms with E-state index in [1.165, 1.54) is 0 Å². The third-order valence-electron chi connectivity index (χ3n) is 1.70. The third kappa shape index (κ3) is 1.23. The van der Waals surface area contributed by atoms with E-state index in [1.807, 2.05) is 30.3 Å². The molecule has 0 saturated heterocycles. The summed E-state index contributed by atoms with van der Waals surface area (Å²) >= 11 is 0. The van der Waals surface area contributed by atoms with E-state index in [0.29, 0.717) is 0 Å². The summed E-state index contributed by atoms with van der Waals surface area (Å²) in [6.45, 7) is 0. The average Bonchev–Trinajstić information content (AvgIpc) is 2.47. The van der Waals surface area contributed by atoms with Crippen LogP contribution in [0.15, 0.2) is 30.3 Å². The van der Waals surface area contributed by atoms with Crippen LogP contribution in [-0.4, -0.2) is 4.98 Å². The first-order valence-corrected chi connectivity index (χ1v) is 4.37. The number of H-pyrrole nitrogens is 1. The molecule has 0 aliphatic carbocycles. The molecule has 0 fully saturated rings. The summed E-state index contributed by atoms with van der Waals surface area (Å²) in [6, 6.07) is 9.81. The summed E-state index contributed by atoms with van der Waals surface area (Å²) in [5, 5.41) is 1.11. The van der Waals surface area contributed by atoms with Crippen molar-refractivity contribution in [2.45, 2.75) is 0 Å². The molecule has 1 N–H and O–H groups in total. The number of aromatic nitrogens is 1. The van der Waals surface area contributed by atoms with E-state index in [0.717, 1.165) is 16.6 Å². The zero-order valence-corrected chi connectivity index (χ0v) is 7.14. The molecule has 0 amide bonds. The second-order valence-electron chi connectivity index (χ2n) is 2.47. The predicted octanol–water partition coefficient (Wildman–Crippen LogP) is 2.77. The number of rotatable bonds is 0. The SMILES string of the molecule is O=P#Cc1cc2ccccc2[nH]1. The Labute approximate surface area is 70.7 Å². The number of aromatic amines is 1. The van der Waals surface area contributed by atoms with Crippen molar-refractivity contribution in [3.63, 3.8) is 0 Å². The third-order valence-corrected chi connectivity index (χ3v) is 2.03. The maximum atomic E-state index is 10.2. The first kappa shape index (κ1) is 7.42. The molecule has 0 saturated carbocycles. The molecule has 0 radical (unpaired) electrons. The van der Waals surface area contributed by atoms with E-state index in [4.69, 9.17) is 0 Å². The Balaban J connectivity index is 2.75. The van der Waals surface area contributed by atoms with E-state index in [1.54, 1.807) is 0 Å². The fourth-order valence-electron chi connectivity index (χ4n) is 1.18. The number of fused-ring (bicyclic) bond motifs is 1. The predicted molar refractivity (Wildman–Crippen MR) is 48.9 cm³/mol. The van der Waals surface area contributed by atoms with Gasteiger partial charge in [0.05, 0.1) is 0 Å². The fourth-order valence-corrected chi connectivity index (χ4v) is 1.40. The van der Waals surface area contributed by atoms with E-state index < -0.39 is 0 Å². The Morgan fingerprint density at radius 1 is 1.33 bits per heavy atom. The molecule has 0 aliphatic rings. The van der Waals surface area contributed by atoms with Crippen molar-refractivity contribution in [1.82, 2.24) is 4.98 Å². The van der Waals surface area contributed by atoms with E-state index in [2.05, 4.69) is 10.6 Å². The monoisotopic (exact) mass is 175 g/mol. The molecule has 0 aliphatic heterocycles. The molecular weight excluding hydrogens is 169 g/mol. The first-order valence-electron chi connectivity index (χ1n) is 3.56. The van der Waals surface area contributed by atoms with Crippen LogP contribution in [-0.2, 0) is 4.57 Å². The van der Waals surface area contributed by atoms with E-state index in [-0.39, 0.29) is 7.92 Å². The zero-order chi connectivity index (χ0) is 8.39.